The second-order valence-corrected chi connectivity index (χ2v) is 4.26. The van der Waals surface area contributed by atoms with Gasteiger partial charge in [0.2, 0.25) is 0 Å². The highest BCUT2D eigenvalue weighted by atomic mass is 16.5. The molecule has 1 fully saturated rings. The minimum absolute atomic E-state index is 0.291. The molecule has 0 spiro atoms. The average molecular weight is 211 g/mol. The van der Waals surface area contributed by atoms with E-state index in [1.165, 1.54) is 32.1 Å². The third-order valence-electron chi connectivity index (χ3n) is 2.91. The van der Waals surface area contributed by atoms with Crippen LogP contribution in [0.2, 0.25) is 0 Å². The number of rotatable bonds is 5. The summed E-state index contributed by atoms with van der Waals surface area (Å²) in [4.78, 5) is 11.4. The Morgan fingerprint density at radius 2 is 2.13 bits per heavy atom. The Labute approximate surface area is 91.7 Å². The summed E-state index contributed by atoms with van der Waals surface area (Å²) in [6, 6.07) is -0.536. The lowest BCUT2D eigenvalue weighted by Gasteiger charge is -2.21. The van der Waals surface area contributed by atoms with E-state index in [4.69, 9.17) is 10.5 Å². The van der Waals surface area contributed by atoms with E-state index in [1.54, 1.807) is 6.08 Å². The van der Waals surface area contributed by atoms with E-state index in [0.29, 0.717) is 18.9 Å². The van der Waals surface area contributed by atoms with Crippen LogP contribution in [-0.4, -0.2) is 18.6 Å². The first-order valence-electron chi connectivity index (χ1n) is 5.77. The van der Waals surface area contributed by atoms with Crippen LogP contribution in [0.1, 0.15) is 38.5 Å². The van der Waals surface area contributed by atoms with E-state index in [0.717, 1.165) is 0 Å². The number of nitrogens with two attached hydrogens (primary N) is 1. The van der Waals surface area contributed by atoms with E-state index >= 15 is 0 Å². The summed E-state index contributed by atoms with van der Waals surface area (Å²) in [6.45, 7) is 4.09. The van der Waals surface area contributed by atoms with E-state index in [9.17, 15) is 4.79 Å². The highest BCUT2D eigenvalue weighted by Gasteiger charge is 2.18. The van der Waals surface area contributed by atoms with Crippen molar-refractivity contribution in [3.05, 3.63) is 12.7 Å². The molecule has 0 heterocycles. The Morgan fingerprint density at radius 1 is 1.47 bits per heavy atom. The van der Waals surface area contributed by atoms with Crippen molar-refractivity contribution in [2.24, 2.45) is 11.7 Å². The minimum Gasteiger partial charge on any atom is -0.464 e. The van der Waals surface area contributed by atoms with Gasteiger partial charge in [-0.1, -0.05) is 25.3 Å². The third kappa shape index (κ3) is 4.47. The fourth-order valence-corrected chi connectivity index (χ4v) is 1.94. The summed E-state index contributed by atoms with van der Waals surface area (Å²) in [6.07, 6.45) is 8.35. The first-order valence-corrected chi connectivity index (χ1v) is 5.77. The molecule has 1 unspecified atom stereocenters. The minimum atomic E-state index is -0.536. The average Bonchev–Trinajstić information content (AvgIpc) is 2.27. The van der Waals surface area contributed by atoms with Gasteiger partial charge in [0.1, 0.15) is 6.04 Å². The molecular weight excluding hydrogens is 190 g/mol. The van der Waals surface area contributed by atoms with Gasteiger partial charge in [-0.3, -0.25) is 4.79 Å². The van der Waals surface area contributed by atoms with Crippen molar-refractivity contribution < 1.29 is 9.53 Å². The molecule has 3 nitrogen and oxygen atoms in total. The van der Waals surface area contributed by atoms with Gasteiger partial charge in [-0.05, 0) is 25.2 Å². The van der Waals surface area contributed by atoms with Crippen LogP contribution in [0.25, 0.3) is 0 Å². The standard InChI is InChI=1S/C12H21NO2/c1-2-6-11(13)12(14)15-9-10-7-4-3-5-8-10/h2,10-11H,1,3-9,13H2. The molecular formula is C12H21NO2. The third-order valence-corrected chi connectivity index (χ3v) is 2.91. The van der Waals surface area contributed by atoms with Crippen LogP contribution in [0.4, 0.5) is 0 Å². The summed E-state index contributed by atoms with van der Waals surface area (Å²) in [7, 11) is 0. The fraction of sp³-hybridized carbons (Fsp3) is 0.750. The van der Waals surface area contributed by atoms with Crippen molar-refractivity contribution >= 4 is 5.97 Å². The zero-order valence-corrected chi connectivity index (χ0v) is 9.28. The van der Waals surface area contributed by atoms with Gasteiger partial charge in [-0.2, -0.15) is 0 Å². The molecule has 0 radical (unpaired) electrons. The first-order chi connectivity index (χ1) is 7.24. The highest BCUT2D eigenvalue weighted by Crippen LogP contribution is 2.23. The van der Waals surface area contributed by atoms with Crippen molar-refractivity contribution in [1.82, 2.24) is 0 Å². The van der Waals surface area contributed by atoms with Crippen molar-refractivity contribution in [3.63, 3.8) is 0 Å². The van der Waals surface area contributed by atoms with Gasteiger partial charge in [0.15, 0.2) is 0 Å². The molecule has 0 aliphatic heterocycles. The zero-order valence-electron chi connectivity index (χ0n) is 9.28. The largest absolute Gasteiger partial charge is 0.464 e. The Bertz CT molecular complexity index is 210. The van der Waals surface area contributed by atoms with Crippen LogP contribution in [0, 0.1) is 5.92 Å². The van der Waals surface area contributed by atoms with Crippen LogP contribution in [-0.2, 0) is 9.53 Å². The Balaban J connectivity index is 2.17. The van der Waals surface area contributed by atoms with Crippen molar-refractivity contribution in [2.75, 3.05) is 6.61 Å². The summed E-state index contributed by atoms with van der Waals surface area (Å²) < 4.78 is 5.18. The smallest absolute Gasteiger partial charge is 0.323 e. The molecule has 0 amide bonds. The maximum Gasteiger partial charge on any atom is 0.323 e. The van der Waals surface area contributed by atoms with E-state index in [1.807, 2.05) is 0 Å². The molecule has 1 atom stereocenters. The van der Waals surface area contributed by atoms with Gasteiger partial charge in [-0.25, -0.2) is 0 Å². The number of hydrogen-bond donors (Lipinski definition) is 1. The van der Waals surface area contributed by atoms with Crippen LogP contribution in [0.15, 0.2) is 12.7 Å². The Hall–Kier alpha value is -0.830. The molecule has 0 bridgehead atoms. The predicted octanol–water partition coefficient (Wildman–Crippen LogP) is 2.01. The van der Waals surface area contributed by atoms with Crippen molar-refractivity contribution in [2.45, 2.75) is 44.6 Å². The second-order valence-electron chi connectivity index (χ2n) is 4.26. The van der Waals surface area contributed by atoms with Gasteiger partial charge < -0.3 is 10.5 Å². The molecule has 1 rings (SSSR count). The Kier molecular flexibility index (Phi) is 5.40. The number of esters is 1. The van der Waals surface area contributed by atoms with Crippen LogP contribution in [0.5, 0.6) is 0 Å². The number of ether oxygens (including phenoxy) is 1. The number of carbonyl (C=O) groups is 1. The lowest BCUT2D eigenvalue weighted by Crippen LogP contribution is -2.33. The molecule has 86 valence electrons. The first kappa shape index (κ1) is 12.2. The van der Waals surface area contributed by atoms with Crippen LogP contribution < -0.4 is 5.73 Å². The molecule has 0 saturated heterocycles. The van der Waals surface area contributed by atoms with Crippen molar-refractivity contribution in [1.29, 1.82) is 0 Å². The summed E-state index contributed by atoms with van der Waals surface area (Å²) in [5.41, 5.74) is 5.60. The molecule has 1 aliphatic carbocycles. The summed E-state index contributed by atoms with van der Waals surface area (Å²) in [5, 5.41) is 0. The molecule has 3 heteroatoms. The van der Waals surface area contributed by atoms with Gasteiger partial charge in [0, 0.05) is 0 Å². The topological polar surface area (TPSA) is 52.3 Å². The van der Waals surface area contributed by atoms with Gasteiger partial charge in [-0.15, -0.1) is 6.58 Å². The van der Waals surface area contributed by atoms with Gasteiger partial charge in [0.05, 0.1) is 6.61 Å². The second kappa shape index (κ2) is 6.62. The lowest BCUT2D eigenvalue weighted by molar-refractivity contribution is -0.146. The Morgan fingerprint density at radius 3 is 2.73 bits per heavy atom. The molecule has 0 aromatic carbocycles. The van der Waals surface area contributed by atoms with Crippen molar-refractivity contribution in [3.8, 4) is 0 Å². The van der Waals surface area contributed by atoms with E-state index < -0.39 is 6.04 Å². The van der Waals surface area contributed by atoms with E-state index in [-0.39, 0.29) is 5.97 Å². The molecule has 15 heavy (non-hydrogen) atoms. The van der Waals surface area contributed by atoms with Gasteiger partial charge in [0.25, 0.3) is 0 Å². The zero-order chi connectivity index (χ0) is 11.1. The van der Waals surface area contributed by atoms with Crippen LogP contribution >= 0.6 is 0 Å². The molecule has 0 aromatic heterocycles. The highest BCUT2D eigenvalue weighted by molar-refractivity contribution is 5.75. The van der Waals surface area contributed by atoms with Gasteiger partial charge >= 0.3 is 5.97 Å². The summed E-state index contributed by atoms with van der Waals surface area (Å²) in [5.74, 6) is 0.263. The maximum atomic E-state index is 11.4. The predicted molar refractivity (Wildman–Crippen MR) is 60.3 cm³/mol. The van der Waals surface area contributed by atoms with Crippen LogP contribution in [0.3, 0.4) is 0 Å². The fourth-order valence-electron chi connectivity index (χ4n) is 1.94. The molecule has 1 aliphatic rings. The molecule has 0 aromatic rings. The quantitative estimate of drug-likeness (QED) is 0.559. The number of carbonyl (C=O) groups excluding carboxylic acids is 1. The molecule has 2 N–H and O–H groups in total. The normalized spacial score (nSPS) is 19.5. The lowest BCUT2D eigenvalue weighted by atomic mass is 9.90. The van der Waals surface area contributed by atoms with E-state index in [2.05, 4.69) is 6.58 Å². The maximum absolute atomic E-state index is 11.4. The monoisotopic (exact) mass is 211 g/mol. The number of hydrogen-bond acceptors (Lipinski definition) is 3. The SMILES string of the molecule is C=CCC(N)C(=O)OCC1CCCCC1. The molecule has 1 saturated carbocycles. The summed E-state index contributed by atoms with van der Waals surface area (Å²) >= 11 is 0.